The van der Waals surface area contributed by atoms with Gasteiger partial charge in [-0.25, -0.2) is 13.6 Å². The average Bonchev–Trinajstić information content (AvgIpc) is 2.10. The Balaban J connectivity index is 2.71. The monoisotopic (exact) mass is 251 g/mol. The first kappa shape index (κ1) is 14.2. The molecule has 0 aliphatic carbocycles. The molecule has 1 fully saturated rings. The number of alkyl halides is 2. The van der Waals surface area contributed by atoms with Crippen LogP contribution >= 0.6 is 0 Å². The number of ether oxygens (including phenoxy) is 1. The molecular weight excluding hydrogens is 232 g/mol. The molecule has 1 aliphatic heterocycles. The predicted octanol–water partition coefficient (Wildman–Crippen LogP) is 1.87. The van der Waals surface area contributed by atoms with E-state index in [0.717, 1.165) is 4.90 Å². The molecule has 0 radical (unpaired) electrons. The zero-order chi connectivity index (χ0) is 13.4. The van der Waals surface area contributed by atoms with Gasteiger partial charge in [-0.1, -0.05) is 6.92 Å². The third kappa shape index (κ3) is 3.52. The van der Waals surface area contributed by atoms with Crippen molar-refractivity contribution >= 4 is 6.09 Å². The molecular formula is C11H19F2NO3. The Kier molecular flexibility index (Phi) is 3.66. The van der Waals surface area contributed by atoms with Gasteiger partial charge in [-0.15, -0.1) is 0 Å². The molecule has 1 rings (SSSR count). The molecule has 0 aromatic heterocycles. The van der Waals surface area contributed by atoms with Crippen LogP contribution in [-0.2, 0) is 4.74 Å². The number of halogens is 2. The first-order valence-electron chi connectivity index (χ1n) is 5.57. The van der Waals surface area contributed by atoms with Gasteiger partial charge in [0.1, 0.15) is 11.7 Å². The van der Waals surface area contributed by atoms with E-state index >= 15 is 0 Å². The highest BCUT2D eigenvalue weighted by molar-refractivity contribution is 5.68. The summed E-state index contributed by atoms with van der Waals surface area (Å²) in [6, 6.07) is 0. The van der Waals surface area contributed by atoms with E-state index in [1.807, 2.05) is 0 Å². The van der Waals surface area contributed by atoms with Gasteiger partial charge in [-0.05, 0) is 20.8 Å². The number of rotatable bonds is 0. The van der Waals surface area contributed by atoms with Gasteiger partial charge in [0.25, 0.3) is 5.92 Å². The molecule has 0 bridgehead atoms. The molecule has 0 spiro atoms. The Morgan fingerprint density at radius 3 is 2.41 bits per heavy atom. The van der Waals surface area contributed by atoms with Gasteiger partial charge in [-0.2, -0.15) is 0 Å². The maximum atomic E-state index is 13.4. The van der Waals surface area contributed by atoms with Crippen LogP contribution in [0.25, 0.3) is 0 Å². The van der Waals surface area contributed by atoms with Gasteiger partial charge in [0.15, 0.2) is 0 Å². The summed E-state index contributed by atoms with van der Waals surface area (Å²) in [7, 11) is 0. The van der Waals surface area contributed by atoms with E-state index in [4.69, 9.17) is 4.74 Å². The van der Waals surface area contributed by atoms with Crippen LogP contribution in [0.2, 0.25) is 0 Å². The summed E-state index contributed by atoms with van der Waals surface area (Å²) in [6.07, 6.45) is -2.47. The van der Waals surface area contributed by atoms with Crippen molar-refractivity contribution in [3.8, 4) is 0 Å². The Bertz CT molecular complexity index is 302. The van der Waals surface area contributed by atoms with Crippen molar-refractivity contribution < 1.29 is 23.4 Å². The molecule has 1 saturated heterocycles. The van der Waals surface area contributed by atoms with Crippen LogP contribution in [0.5, 0.6) is 0 Å². The summed E-state index contributed by atoms with van der Waals surface area (Å²) in [5.41, 5.74) is -0.717. The molecule has 1 heterocycles. The standard InChI is InChI=1S/C11H19F2NO3/c1-7-5-14(6-11(12,13)8(7)15)9(16)17-10(2,3)4/h7-8,15H,5-6H2,1-4H3/t7-,8-/m1/s1. The number of carbonyl (C=O) groups excluding carboxylic acids is 1. The number of aliphatic hydroxyl groups excluding tert-OH is 1. The minimum Gasteiger partial charge on any atom is -0.444 e. The van der Waals surface area contributed by atoms with Crippen LogP contribution in [0, 0.1) is 5.92 Å². The van der Waals surface area contributed by atoms with Crippen LogP contribution in [0.3, 0.4) is 0 Å². The number of likely N-dealkylation sites (tertiary alicyclic amines) is 1. The summed E-state index contributed by atoms with van der Waals surface area (Å²) in [5.74, 6) is -3.96. The minimum absolute atomic E-state index is 0.0751. The van der Waals surface area contributed by atoms with Crippen molar-refractivity contribution in [2.24, 2.45) is 5.92 Å². The zero-order valence-electron chi connectivity index (χ0n) is 10.5. The molecule has 2 atom stereocenters. The van der Waals surface area contributed by atoms with Gasteiger partial charge in [0.2, 0.25) is 0 Å². The largest absolute Gasteiger partial charge is 0.444 e. The van der Waals surface area contributed by atoms with Crippen molar-refractivity contribution in [2.75, 3.05) is 13.1 Å². The highest BCUT2D eigenvalue weighted by atomic mass is 19.3. The maximum absolute atomic E-state index is 13.4. The van der Waals surface area contributed by atoms with E-state index in [0.29, 0.717) is 0 Å². The lowest BCUT2D eigenvalue weighted by Crippen LogP contribution is -2.58. The van der Waals surface area contributed by atoms with Crippen molar-refractivity contribution in [2.45, 2.75) is 45.3 Å². The van der Waals surface area contributed by atoms with Crippen LogP contribution in [0.15, 0.2) is 0 Å². The molecule has 1 N–H and O–H groups in total. The smallest absolute Gasteiger partial charge is 0.410 e. The third-order valence-corrected chi connectivity index (χ3v) is 2.53. The fraction of sp³-hybridized carbons (Fsp3) is 0.909. The summed E-state index contributed by atoms with van der Waals surface area (Å²) >= 11 is 0. The first-order chi connectivity index (χ1) is 7.53. The van der Waals surface area contributed by atoms with Gasteiger partial charge >= 0.3 is 6.09 Å². The summed E-state index contributed by atoms with van der Waals surface area (Å²) < 4.78 is 31.8. The van der Waals surface area contributed by atoms with Gasteiger partial charge in [-0.3, -0.25) is 0 Å². The fourth-order valence-electron chi connectivity index (χ4n) is 1.74. The summed E-state index contributed by atoms with van der Waals surface area (Å²) in [4.78, 5) is 12.6. The van der Waals surface area contributed by atoms with Crippen molar-refractivity contribution in [1.82, 2.24) is 4.90 Å². The number of hydrogen-bond acceptors (Lipinski definition) is 3. The van der Waals surface area contributed by atoms with E-state index in [1.54, 1.807) is 20.8 Å². The number of hydrogen-bond donors (Lipinski definition) is 1. The quantitative estimate of drug-likeness (QED) is 0.715. The lowest BCUT2D eigenvalue weighted by atomic mass is 9.94. The van der Waals surface area contributed by atoms with Gasteiger partial charge in [0, 0.05) is 12.5 Å². The topological polar surface area (TPSA) is 49.8 Å². The predicted molar refractivity (Wildman–Crippen MR) is 57.9 cm³/mol. The Labute approximate surface area is 99.5 Å². The normalized spacial score (nSPS) is 29.0. The SMILES string of the molecule is C[C@@H]1CN(C(=O)OC(C)(C)C)CC(F)(F)[C@@H]1O. The molecule has 100 valence electrons. The fourth-order valence-corrected chi connectivity index (χ4v) is 1.74. The van der Waals surface area contributed by atoms with E-state index in [9.17, 15) is 18.7 Å². The van der Waals surface area contributed by atoms with Gasteiger partial charge in [0.05, 0.1) is 6.54 Å². The Morgan fingerprint density at radius 1 is 1.47 bits per heavy atom. The van der Waals surface area contributed by atoms with Crippen LogP contribution < -0.4 is 0 Å². The third-order valence-electron chi connectivity index (χ3n) is 2.53. The second kappa shape index (κ2) is 4.40. The number of nitrogens with zero attached hydrogens (tertiary/aromatic N) is 1. The summed E-state index contributed by atoms with van der Waals surface area (Å²) in [5, 5.41) is 9.31. The van der Waals surface area contributed by atoms with Gasteiger partial charge < -0.3 is 14.7 Å². The first-order valence-corrected chi connectivity index (χ1v) is 5.57. The molecule has 4 nitrogen and oxygen atoms in total. The molecule has 6 heteroatoms. The van der Waals surface area contributed by atoms with Crippen molar-refractivity contribution in [1.29, 1.82) is 0 Å². The molecule has 0 aromatic carbocycles. The summed E-state index contributed by atoms with van der Waals surface area (Å²) in [6.45, 7) is 5.77. The zero-order valence-corrected chi connectivity index (χ0v) is 10.5. The van der Waals surface area contributed by atoms with E-state index < -0.39 is 36.2 Å². The van der Waals surface area contributed by atoms with E-state index in [2.05, 4.69) is 0 Å². The van der Waals surface area contributed by atoms with Crippen molar-refractivity contribution in [3.63, 3.8) is 0 Å². The number of amides is 1. The molecule has 1 amide bonds. The number of aliphatic hydroxyl groups is 1. The molecule has 0 saturated carbocycles. The molecule has 0 unspecified atom stereocenters. The lowest BCUT2D eigenvalue weighted by molar-refractivity contribution is -0.167. The number of carbonyl (C=O) groups is 1. The Hall–Kier alpha value is -0.910. The maximum Gasteiger partial charge on any atom is 0.410 e. The highest BCUT2D eigenvalue weighted by Crippen LogP contribution is 2.31. The van der Waals surface area contributed by atoms with Crippen molar-refractivity contribution in [3.05, 3.63) is 0 Å². The van der Waals surface area contributed by atoms with Crippen LogP contribution in [-0.4, -0.2) is 46.8 Å². The van der Waals surface area contributed by atoms with Crippen LogP contribution in [0.1, 0.15) is 27.7 Å². The molecule has 17 heavy (non-hydrogen) atoms. The molecule has 0 aromatic rings. The Morgan fingerprint density at radius 2 is 2.00 bits per heavy atom. The highest BCUT2D eigenvalue weighted by Gasteiger charge is 2.49. The minimum atomic E-state index is -3.28. The lowest BCUT2D eigenvalue weighted by Gasteiger charge is -2.40. The molecule has 1 aliphatic rings. The van der Waals surface area contributed by atoms with Crippen LogP contribution in [0.4, 0.5) is 13.6 Å². The second-order valence-corrected chi connectivity index (χ2v) is 5.54. The van der Waals surface area contributed by atoms with E-state index in [1.165, 1.54) is 6.92 Å². The second-order valence-electron chi connectivity index (χ2n) is 5.54. The number of piperidine rings is 1. The average molecular weight is 251 g/mol. The van der Waals surface area contributed by atoms with E-state index in [-0.39, 0.29) is 6.54 Å².